The summed E-state index contributed by atoms with van der Waals surface area (Å²) in [5.41, 5.74) is 2.36. The summed E-state index contributed by atoms with van der Waals surface area (Å²) in [5, 5.41) is 0. The molecule has 2 heterocycles. The van der Waals surface area contributed by atoms with Crippen LogP contribution in [-0.2, 0) is 6.42 Å². The predicted molar refractivity (Wildman–Crippen MR) is 73.5 cm³/mol. The molecule has 0 saturated carbocycles. The Bertz CT molecular complexity index is 629. The van der Waals surface area contributed by atoms with Crippen molar-refractivity contribution in [2.45, 2.75) is 6.42 Å². The number of halogens is 1. The molecule has 0 aliphatic rings. The summed E-state index contributed by atoms with van der Waals surface area (Å²) >= 11 is 7.34. The maximum atomic E-state index is 5.82. The van der Waals surface area contributed by atoms with Crippen LogP contribution in [0.3, 0.4) is 0 Å². The molecule has 1 aromatic carbocycles. The van der Waals surface area contributed by atoms with Crippen LogP contribution in [0.4, 0.5) is 0 Å². The summed E-state index contributed by atoms with van der Waals surface area (Å²) in [4.78, 5) is 9.25. The third kappa shape index (κ3) is 2.44. The zero-order valence-corrected chi connectivity index (χ0v) is 11.0. The molecule has 3 aromatic rings. The summed E-state index contributed by atoms with van der Waals surface area (Å²) in [6.45, 7) is 0. The molecule has 0 bridgehead atoms. The molecule has 0 saturated heterocycles. The molecule has 0 fully saturated rings. The fraction of sp³-hybridized carbons (Fsp3) is 0.0769. The lowest BCUT2D eigenvalue weighted by molar-refractivity contribution is 1.05. The molecule has 0 radical (unpaired) electrons. The number of imidazole rings is 1. The van der Waals surface area contributed by atoms with Crippen molar-refractivity contribution >= 4 is 22.9 Å². The third-order valence-corrected chi connectivity index (χ3v) is 3.76. The van der Waals surface area contributed by atoms with Crippen molar-refractivity contribution in [2.75, 3.05) is 0 Å². The Morgan fingerprint density at radius 3 is 2.67 bits per heavy atom. The van der Waals surface area contributed by atoms with E-state index in [1.54, 1.807) is 12.5 Å². The van der Waals surface area contributed by atoms with Gasteiger partial charge in [-0.25, -0.2) is 9.97 Å². The molecular formula is C13H10ClN3S. The molecule has 0 aliphatic heterocycles. The second kappa shape index (κ2) is 4.92. The lowest BCUT2D eigenvalue weighted by Crippen LogP contribution is -1.91. The van der Waals surface area contributed by atoms with Gasteiger partial charge < -0.3 is 4.57 Å². The predicted octanol–water partition coefficient (Wildman–Crippen LogP) is 3.57. The molecule has 3 rings (SSSR count). The Balaban J connectivity index is 1.79. The van der Waals surface area contributed by atoms with Gasteiger partial charge in [-0.3, -0.25) is 0 Å². The highest BCUT2D eigenvalue weighted by Gasteiger charge is 2.02. The second-order valence-corrected chi connectivity index (χ2v) is 5.59. The molecule has 5 heteroatoms. The van der Waals surface area contributed by atoms with Gasteiger partial charge in [0.2, 0.25) is 0 Å². The van der Waals surface area contributed by atoms with E-state index in [-0.39, 0.29) is 0 Å². The number of benzene rings is 1. The van der Waals surface area contributed by atoms with Gasteiger partial charge in [-0.05, 0) is 17.7 Å². The molecule has 0 unspecified atom stereocenters. The lowest BCUT2D eigenvalue weighted by Gasteiger charge is -2.03. The Hall–Kier alpha value is -1.65. The van der Waals surface area contributed by atoms with Gasteiger partial charge in [-0.15, -0.1) is 11.3 Å². The highest BCUT2D eigenvalue weighted by atomic mass is 35.5. The van der Waals surface area contributed by atoms with Crippen molar-refractivity contribution in [3.05, 3.63) is 64.1 Å². The van der Waals surface area contributed by atoms with Crippen molar-refractivity contribution in [1.82, 2.24) is 14.5 Å². The fourth-order valence-corrected chi connectivity index (χ4v) is 2.78. The Morgan fingerprint density at radius 2 is 2.06 bits per heavy atom. The number of thiazole rings is 1. The third-order valence-electron chi connectivity index (χ3n) is 2.64. The molecule has 18 heavy (non-hydrogen) atoms. The van der Waals surface area contributed by atoms with Gasteiger partial charge in [0.15, 0.2) is 4.47 Å². The highest BCUT2D eigenvalue weighted by Crippen LogP contribution is 2.21. The molecule has 90 valence electrons. The monoisotopic (exact) mass is 275 g/mol. The topological polar surface area (TPSA) is 30.7 Å². The minimum absolute atomic E-state index is 0.597. The van der Waals surface area contributed by atoms with Crippen LogP contribution in [0, 0.1) is 0 Å². The lowest BCUT2D eigenvalue weighted by atomic mass is 10.1. The molecule has 0 spiro atoms. The summed E-state index contributed by atoms with van der Waals surface area (Å²) < 4.78 is 2.58. The molecule has 0 atom stereocenters. The maximum Gasteiger partial charge on any atom is 0.183 e. The van der Waals surface area contributed by atoms with Gasteiger partial charge in [0.05, 0.1) is 6.33 Å². The van der Waals surface area contributed by atoms with Gasteiger partial charge in [0.25, 0.3) is 0 Å². The second-order valence-electron chi connectivity index (χ2n) is 3.89. The number of nitrogens with zero attached hydrogens (tertiary/aromatic N) is 3. The fourth-order valence-electron chi connectivity index (χ4n) is 1.76. The quantitative estimate of drug-likeness (QED) is 0.732. The zero-order valence-electron chi connectivity index (χ0n) is 9.45. The molecule has 0 amide bonds. The average Bonchev–Trinajstić information content (AvgIpc) is 3.02. The first-order valence-electron chi connectivity index (χ1n) is 5.49. The van der Waals surface area contributed by atoms with Gasteiger partial charge in [-0.2, -0.15) is 0 Å². The maximum absolute atomic E-state index is 5.82. The first-order chi connectivity index (χ1) is 8.81. The molecule has 2 aromatic heterocycles. The van der Waals surface area contributed by atoms with E-state index in [2.05, 4.69) is 34.2 Å². The number of hydrogen-bond donors (Lipinski definition) is 0. The van der Waals surface area contributed by atoms with Crippen molar-refractivity contribution in [1.29, 1.82) is 0 Å². The number of aromatic nitrogens is 3. The minimum Gasteiger partial charge on any atom is -0.306 e. The van der Waals surface area contributed by atoms with Gasteiger partial charge in [-0.1, -0.05) is 23.7 Å². The van der Waals surface area contributed by atoms with Gasteiger partial charge >= 0.3 is 0 Å². The van der Waals surface area contributed by atoms with E-state index in [4.69, 9.17) is 11.6 Å². The standard InChI is InChI=1S/C13H10ClN3S/c14-13-16-8-12(18-13)7-10-1-3-11(4-2-10)17-6-5-15-9-17/h1-6,8-9H,7H2. The van der Waals surface area contributed by atoms with Crippen LogP contribution < -0.4 is 0 Å². The van der Waals surface area contributed by atoms with E-state index >= 15 is 0 Å². The van der Waals surface area contributed by atoms with Gasteiger partial charge in [0, 0.05) is 35.6 Å². The number of rotatable bonds is 3. The largest absolute Gasteiger partial charge is 0.306 e. The summed E-state index contributed by atoms with van der Waals surface area (Å²) in [6, 6.07) is 8.39. The zero-order chi connectivity index (χ0) is 12.4. The van der Waals surface area contributed by atoms with Crippen molar-refractivity contribution in [3.8, 4) is 5.69 Å². The highest BCUT2D eigenvalue weighted by molar-refractivity contribution is 7.15. The molecule has 3 nitrogen and oxygen atoms in total. The van der Waals surface area contributed by atoms with E-state index < -0.39 is 0 Å². The summed E-state index contributed by atoms with van der Waals surface area (Å²) in [5.74, 6) is 0. The van der Waals surface area contributed by atoms with Crippen LogP contribution in [0.1, 0.15) is 10.4 Å². The molecule has 0 aliphatic carbocycles. The van der Waals surface area contributed by atoms with Crippen molar-refractivity contribution in [2.24, 2.45) is 0 Å². The van der Waals surface area contributed by atoms with E-state index in [9.17, 15) is 0 Å². The van der Waals surface area contributed by atoms with Crippen LogP contribution in [0.15, 0.2) is 49.2 Å². The van der Waals surface area contributed by atoms with Crippen molar-refractivity contribution < 1.29 is 0 Å². The smallest absolute Gasteiger partial charge is 0.183 e. The first kappa shape index (κ1) is 11.4. The Labute approximate surface area is 114 Å². The van der Waals surface area contributed by atoms with E-state index in [1.807, 2.05) is 17.0 Å². The summed E-state index contributed by atoms with van der Waals surface area (Å²) in [7, 11) is 0. The van der Waals surface area contributed by atoms with E-state index in [0.717, 1.165) is 12.1 Å². The first-order valence-corrected chi connectivity index (χ1v) is 6.68. The van der Waals surface area contributed by atoms with Crippen LogP contribution >= 0.6 is 22.9 Å². The number of hydrogen-bond acceptors (Lipinski definition) is 3. The van der Waals surface area contributed by atoms with Gasteiger partial charge in [0.1, 0.15) is 0 Å². The normalized spacial score (nSPS) is 10.7. The van der Waals surface area contributed by atoms with E-state index in [1.165, 1.54) is 21.8 Å². The Morgan fingerprint density at radius 1 is 1.22 bits per heavy atom. The molecule has 0 N–H and O–H groups in total. The Kier molecular flexibility index (Phi) is 3.13. The SMILES string of the molecule is Clc1ncc(Cc2ccc(-n3ccnc3)cc2)s1. The van der Waals surface area contributed by atoms with Crippen LogP contribution in [0.25, 0.3) is 5.69 Å². The van der Waals surface area contributed by atoms with E-state index in [0.29, 0.717) is 4.47 Å². The minimum atomic E-state index is 0.597. The average molecular weight is 276 g/mol. The van der Waals surface area contributed by atoms with Crippen LogP contribution in [-0.4, -0.2) is 14.5 Å². The summed E-state index contributed by atoms with van der Waals surface area (Å²) in [6.07, 6.45) is 8.19. The van der Waals surface area contributed by atoms with Crippen LogP contribution in [0.5, 0.6) is 0 Å². The van der Waals surface area contributed by atoms with Crippen LogP contribution in [0.2, 0.25) is 4.47 Å². The molecular weight excluding hydrogens is 266 g/mol. The van der Waals surface area contributed by atoms with Crippen molar-refractivity contribution in [3.63, 3.8) is 0 Å².